The molecule has 1 aliphatic heterocycles. The van der Waals surface area contributed by atoms with Crippen molar-refractivity contribution < 1.29 is 23.1 Å². The zero-order valence-corrected chi connectivity index (χ0v) is 13.4. The van der Waals surface area contributed by atoms with E-state index in [9.17, 15) is 18.0 Å². The van der Waals surface area contributed by atoms with Gasteiger partial charge in [-0.3, -0.25) is 9.69 Å². The van der Waals surface area contributed by atoms with Crippen molar-refractivity contribution >= 4 is 11.7 Å². The smallest absolute Gasteiger partial charge is 0.395 e. The standard InChI is InChI=1S/C15H21F3N4O2/c1-11-9-21(6-7-23)4-5-22(11)14(24)12-2-3-13(19-8-12)20-10-15(16,17)18/h2-3,8,11,23H,4-7,9-10H2,1H3,(H,19,20). The summed E-state index contributed by atoms with van der Waals surface area (Å²) in [6.45, 7) is 3.30. The van der Waals surface area contributed by atoms with Gasteiger partial charge in [-0.15, -0.1) is 0 Å². The van der Waals surface area contributed by atoms with Gasteiger partial charge >= 0.3 is 6.18 Å². The van der Waals surface area contributed by atoms with Gasteiger partial charge in [0.2, 0.25) is 0 Å². The number of aliphatic hydroxyl groups is 1. The van der Waals surface area contributed by atoms with Gasteiger partial charge in [0.1, 0.15) is 12.4 Å². The van der Waals surface area contributed by atoms with E-state index in [1.54, 1.807) is 4.90 Å². The average Bonchev–Trinajstić information content (AvgIpc) is 2.53. The Morgan fingerprint density at radius 1 is 1.42 bits per heavy atom. The molecule has 1 fully saturated rings. The zero-order chi connectivity index (χ0) is 17.7. The summed E-state index contributed by atoms with van der Waals surface area (Å²) in [6.07, 6.45) is -3.03. The fraction of sp³-hybridized carbons (Fsp3) is 0.600. The summed E-state index contributed by atoms with van der Waals surface area (Å²) in [5.74, 6) is -0.120. The number of aromatic nitrogens is 1. The molecule has 6 nitrogen and oxygen atoms in total. The number of β-amino-alcohol motifs (C(OH)–C–C–N with tert-alkyl or cyclic N) is 1. The molecule has 134 valence electrons. The quantitative estimate of drug-likeness (QED) is 0.838. The molecule has 2 rings (SSSR count). The van der Waals surface area contributed by atoms with E-state index in [4.69, 9.17) is 5.11 Å². The molecule has 1 amide bonds. The maximum atomic E-state index is 12.5. The van der Waals surface area contributed by atoms with Crippen molar-refractivity contribution in [1.82, 2.24) is 14.8 Å². The van der Waals surface area contributed by atoms with Crippen LogP contribution in [-0.2, 0) is 0 Å². The molecule has 1 aromatic rings. The number of carbonyl (C=O) groups is 1. The van der Waals surface area contributed by atoms with Crippen molar-refractivity contribution in [2.45, 2.75) is 19.1 Å². The van der Waals surface area contributed by atoms with E-state index in [-0.39, 0.29) is 24.4 Å². The first-order chi connectivity index (χ1) is 11.3. The molecule has 2 heterocycles. The number of nitrogens with zero attached hydrogens (tertiary/aromatic N) is 3. The van der Waals surface area contributed by atoms with E-state index in [0.717, 1.165) is 0 Å². The highest BCUT2D eigenvalue weighted by Gasteiger charge is 2.28. The van der Waals surface area contributed by atoms with Crippen molar-refractivity contribution in [3.8, 4) is 0 Å². The van der Waals surface area contributed by atoms with Crippen LogP contribution < -0.4 is 5.32 Å². The molecule has 0 bridgehead atoms. The molecular formula is C15H21F3N4O2. The van der Waals surface area contributed by atoms with Crippen LogP contribution in [0.15, 0.2) is 18.3 Å². The summed E-state index contributed by atoms with van der Waals surface area (Å²) >= 11 is 0. The number of halogens is 3. The second-order valence-corrected chi connectivity index (χ2v) is 5.77. The highest BCUT2D eigenvalue weighted by molar-refractivity contribution is 5.94. The first-order valence-corrected chi connectivity index (χ1v) is 7.71. The number of piperazine rings is 1. The van der Waals surface area contributed by atoms with E-state index in [1.165, 1.54) is 18.3 Å². The molecule has 1 unspecified atom stereocenters. The summed E-state index contributed by atoms with van der Waals surface area (Å²) in [6, 6.07) is 2.83. The van der Waals surface area contributed by atoms with Gasteiger partial charge in [0.15, 0.2) is 0 Å². The summed E-state index contributed by atoms with van der Waals surface area (Å²) < 4.78 is 36.5. The maximum absolute atomic E-state index is 12.5. The first-order valence-electron chi connectivity index (χ1n) is 7.71. The topological polar surface area (TPSA) is 68.7 Å². The minimum Gasteiger partial charge on any atom is -0.395 e. The third-order valence-corrected chi connectivity index (χ3v) is 3.87. The first kappa shape index (κ1) is 18.5. The van der Waals surface area contributed by atoms with Gasteiger partial charge in [0.25, 0.3) is 5.91 Å². The molecule has 1 aromatic heterocycles. The number of alkyl halides is 3. The molecule has 24 heavy (non-hydrogen) atoms. The Labute approximate surface area is 138 Å². The molecule has 0 saturated carbocycles. The number of hydrogen-bond acceptors (Lipinski definition) is 5. The Balaban J connectivity index is 1.95. The predicted molar refractivity (Wildman–Crippen MR) is 82.8 cm³/mol. The van der Waals surface area contributed by atoms with E-state index in [1.807, 2.05) is 6.92 Å². The lowest BCUT2D eigenvalue weighted by atomic mass is 10.1. The van der Waals surface area contributed by atoms with Gasteiger partial charge in [0, 0.05) is 38.4 Å². The fourth-order valence-corrected chi connectivity index (χ4v) is 2.66. The lowest BCUT2D eigenvalue weighted by Crippen LogP contribution is -2.54. The summed E-state index contributed by atoms with van der Waals surface area (Å²) in [7, 11) is 0. The third-order valence-electron chi connectivity index (χ3n) is 3.87. The lowest BCUT2D eigenvalue weighted by molar-refractivity contribution is -0.115. The monoisotopic (exact) mass is 346 g/mol. The maximum Gasteiger partial charge on any atom is 0.405 e. The number of nitrogens with one attached hydrogen (secondary N) is 1. The van der Waals surface area contributed by atoms with Crippen LogP contribution in [0.25, 0.3) is 0 Å². The fourth-order valence-electron chi connectivity index (χ4n) is 2.66. The summed E-state index contributed by atoms with van der Waals surface area (Å²) in [5.41, 5.74) is 0.343. The van der Waals surface area contributed by atoms with Crippen LogP contribution in [0.1, 0.15) is 17.3 Å². The second-order valence-electron chi connectivity index (χ2n) is 5.77. The number of amides is 1. The van der Waals surface area contributed by atoms with Crippen molar-refractivity contribution in [2.24, 2.45) is 0 Å². The van der Waals surface area contributed by atoms with Crippen LogP contribution in [0.3, 0.4) is 0 Å². The highest BCUT2D eigenvalue weighted by Crippen LogP contribution is 2.17. The van der Waals surface area contributed by atoms with Gasteiger partial charge in [-0.1, -0.05) is 0 Å². The molecular weight excluding hydrogens is 325 g/mol. The van der Waals surface area contributed by atoms with Crippen molar-refractivity contribution in [2.75, 3.05) is 44.6 Å². The molecule has 0 spiro atoms. The Hall–Kier alpha value is -1.87. The summed E-state index contributed by atoms with van der Waals surface area (Å²) in [4.78, 5) is 20.2. The average molecular weight is 346 g/mol. The Bertz CT molecular complexity index is 551. The number of pyridine rings is 1. The SMILES string of the molecule is CC1CN(CCO)CCN1C(=O)c1ccc(NCC(F)(F)F)nc1. The normalized spacial score (nSPS) is 19.4. The van der Waals surface area contributed by atoms with Crippen molar-refractivity contribution in [1.29, 1.82) is 0 Å². The largest absolute Gasteiger partial charge is 0.405 e. The van der Waals surface area contributed by atoms with Crippen molar-refractivity contribution in [3.63, 3.8) is 0 Å². The van der Waals surface area contributed by atoms with Gasteiger partial charge in [-0.2, -0.15) is 13.2 Å². The molecule has 1 saturated heterocycles. The third kappa shape index (κ3) is 5.07. The summed E-state index contributed by atoms with van der Waals surface area (Å²) in [5, 5.41) is 11.1. The second kappa shape index (κ2) is 7.80. The Morgan fingerprint density at radius 2 is 2.17 bits per heavy atom. The van der Waals surface area contributed by atoms with Crippen LogP contribution in [-0.4, -0.2) is 77.3 Å². The zero-order valence-electron chi connectivity index (χ0n) is 13.4. The van der Waals surface area contributed by atoms with Crippen LogP contribution in [0.5, 0.6) is 0 Å². The van der Waals surface area contributed by atoms with E-state index in [2.05, 4.69) is 15.2 Å². The minimum atomic E-state index is -4.32. The van der Waals surface area contributed by atoms with Gasteiger partial charge < -0.3 is 15.3 Å². The van der Waals surface area contributed by atoms with Crippen LogP contribution in [0.4, 0.5) is 19.0 Å². The molecule has 9 heteroatoms. The molecule has 0 radical (unpaired) electrons. The molecule has 0 aliphatic carbocycles. The highest BCUT2D eigenvalue weighted by atomic mass is 19.4. The molecule has 0 aromatic carbocycles. The number of rotatable bonds is 5. The predicted octanol–water partition coefficient (Wildman–Crippen LogP) is 1.19. The number of anilines is 1. The van der Waals surface area contributed by atoms with Crippen LogP contribution in [0.2, 0.25) is 0 Å². The minimum absolute atomic E-state index is 0.0131. The number of carbonyl (C=O) groups excluding carboxylic acids is 1. The number of hydrogen-bond donors (Lipinski definition) is 2. The van der Waals surface area contributed by atoms with Gasteiger partial charge in [0.05, 0.1) is 12.2 Å². The Kier molecular flexibility index (Phi) is 6.00. The molecule has 1 aliphatic rings. The van der Waals surface area contributed by atoms with Gasteiger partial charge in [-0.05, 0) is 19.1 Å². The molecule has 2 N–H and O–H groups in total. The van der Waals surface area contributed by atoms with Crippen molar-refractivity contribution in [3.05, 3.63) is 23.9 Å². The van der Waals surface area contributed by atoms with E-state index >= 15 is 0 Å². The van der Waals surface area contributed by atoms with E-state index in [0.29, 0.717) is 31.7 Å². The van der Waals surface area contributed by atoms with E-state index < -0.39 is 12.7 Å². The Morgan fingerprint density at radius 3 is 2.71 bits per heavy atom. The van der Waals surface area contributed by atoms with Gasteiger partial charge in [-0.25, -0.2) is 4.98 Å². The van der Waals surface area contributed by atoms with Crippen LogP contribution >= 0.6 is 0 Å². The number of aliphatic hydroxyl groups excluding tert-OH is 1. The van der Waals surface area contributed by atoms with Crippen LogP contribution in [0, 0.1) is 0 Å². The molecule has 1 atom stereocenters. The lowest BCUT2D eigenvalue weighted by Gasteiger charge is -2.39.